The van der Waals surface area contributed by atoms with Crippen molar-refractivity contribution in [3.8, 4) is 5.75 Å². The quantitative estimate of drug-likeness (QED) is 0.702. The van der Waals surface area contributed by atoms with Gasteiger partial charge in [-0.25, -0.2) is 0 Å². The summed E-state index contributed by atoms with van der Waals surface area (Å²) in [5.41, 5.74) is 0. The van der Waals surface area contributed by atoms with Gasteiger partial charge in [0.2, 0.25) is 0 Å². The second-order valence-corrected chi connectivity index (χ2v) is 3.27. The van der Waals surface area contributed by atoms with Crippen molar-refractivity contribution >= 4 is 0 Å². The van der Waals surface area contributed by atoms with Gasteiger partial charge in [0.25, 0.3) is 0 Å². The minimum atomic E-state index is 0.564. The van der Waals surface area contributed by atoms with Gasteiger partial charge in [-0.05, 0) is 12.5 Å². The lowest BCUT2D eigenvalue weighted by atomic mass is 10.1. The summed E-state index contributed by atoms with van der Waals surface area (Å²) < 4.78 is 10.8. The predicted octanol–water partition coefficient (Wildman–Crippen LogP) is 1.90. The fourth-order valence-electron chi connectivity index (χ4n) is 1.39. The van der Waals surface area contributed by atoms with Gasteiger partial charge in [0.1, 0.15) is 5.75 Å². The highest BCUT2D eigenvalue weighted by molar-refractivity contribution is 5.19. The molecule has 0 bridgehead atoms. The van der Waals surface area contributed by atoms with E-state index in [0.717, 1.165) is 32.0 Å². The Balaban J connectivity index is 1.79. The molecule has 69 valence electrons. The van der Waals surface area contributed by atoms with Gasteiger partial charge in [0.05, 0.1) is 13.2 Å². The zero-order valence-corrected chi connectivity index (χ0v) is 7.53. The van der Waals surface area contributed by atoms with E-state index in [-0.39, 0.29) is 0 Å². The number of rotatable bonds is 3. The van der Waals surface area contributed by atoms with Crippen LogP contribution in [0, 0.1) is 12.0 Å². The average molecular weight is 177 g/mol. The predicted molar refractivity (Wildman–Crippen MR) is 49.7 cm³/mol. The highest BCUT2D eigenvalue weighted by atomic mass is 16.5. The van der Waals surface area contributed by atoms with E-state index < -0.39 is 0 Å². The van der Waals surface area contributed by atoms with Gasteiger partial charge in [-0.1, -0.05) is 18.2 Å². The van der Waals surface area contributed by atoms with Crippen LogP contribution in [0.2, 0.25) is 0 Å². The molecule has 1 heterocycles. The minimum Gasteiger partial charge on any atom is -0.493 e. The van der Waals surface area contributed by atoms with Crippen LogP contribution in [0.25, 0.3) is 0 Å². The van der Waals surface area contributed by atoms with Crippen LogP contribution in [0.3, 0.4) is 0 Å². The third kappa shape index (κ3) is 2.46. The lowest BCUT2D eigenvalue weighted by molar-refractivity contribution is 0.167. The maximum atomic E-state index is 5.55. The van der Waals surface area contributed by atoms with Gasteiger partial charge >= 0.3 is 0 Å². The molecule has 1 aliphatic rings. The summed E-state index contributed by atoms with van der Waals surface area (Å²) in [4.78, 5) is 0. The Morgan fingerprint density at radius 2 is 2.54 bits per heavy atom. The summed E-state index contributed by atoms with van der Waals surface area (Å²) in [6.45, 7) is 2.47. The summed E-state index contributed by atoms with van der Waals surface area (Å²) >= 11 is 0. The molecule has 2 rings (SSSR count). The van der Waals surface area contributed by atoms with Gasteiger partial charge < -0.3 is 9.47 Å². The van der Waals surface area contributed by atoms with Crippen molar-refractivity contribution in [2.75, 3.05) is 19.8 Å². The van der Waals surface area contributed by atoms with Crippen molar-refractivity contribution in [2.24, 2.45) is 5.92 Å². The van der Waals surface area contributed by atoms with Crippen LogP contribution in [0.4, 0.5) is 0 Å². The minimum absolute atomic E-state index is 0.564. The standard InChI is InChI=1S/C11H13O2/c1-2-4-11(5-3-1)13-9-10-6-7-12-8-10/h1-4,10H,6-9H2. The molecule has 1 fully saturated rings. The number of ether oxygens (including phenoxy) is 2. The van der Waals surface area contributed by atoms with E-state index in [2.05, 4.69) is 6.07 Å². The van der Waals surface area contributed by atoms with Crippen LogP contribution < -0.4 is 4.74 Å². The van der Waals surface area contributed by atoms with Gasteiger partial charge in [-0.3, -0.25) is 0 Å². The SMILES string of the molecule is [c]1ccccc1OCC1CCOC1. The first-order valence-corrected chi connectivity index (χ1v) is 4.62. The zero-order chi connectivity index (χ0) is 8.93. The highest BCUT2D eigenvalue weighted by Gasteiger charge is 2.15. The van der Waals surface area contributed by atoms with Crippen LogP contribution >= 0.6 is 0 Å². The molecule has 1 aliphatic heterocycles. The molecule has 0 aromatic heterocycles. The molecule has 0 aliphatic carbocycles. The van der Waals surface area contributed by atoms with E-state index in [4.69, 9.17) is 9.47 Å². The van der Waals surface area contributed by atoms with Crippen LogP contribution in [0.15, 0.2) is 24.3 Å². The van der Waals surface area contributed by atoms with E-state index in [0.29, 0.717) is 5.92 Å². The molecule has 1 unspecified atom stereocenters. The molecule has 1 saturated heterocycles. The molecule has 13 heavy (non-hydrogen) atoms. The lowest BCUT2D eigenvalue weighted by Crippen LogP contribution is -2.11. The number of hydrogen-bond acceptors (Lipinski definition) is 2. The van der Waals surface area contributed by atoms with Crippen molar-refractivity contribution in [3.05, 3.63) is 30.3 Å². The van der Waals surface area contributed by atoms with E-state index in [1.54, 1.807) is 0 Å². The van der Waals surface area contributed by atoms with Crippen molar-refractivity contribution < 1.29 is 9.47 Å². The number of hydrogen-bond donors (Lipinski definition) is 0. The summed E-state index contributed by atoms with van der Waals surface area (Å²) in [7, 11) is 0. The molecule has 1 radical (unpaired) electrons. The zero-order valence-electron chi connectivity index (χ0n) is 7.53. The molecule has 0 spiro atoms. The molecular formula is C11H13O2. The lowest BCUT2D eigenvalue weighted by Gasteiger charge is -2.09. The Hall–Kier alpha value is -1.02. The van der Waals surface area contributed by atoms with Crippen LogP contribution in [-0.4, -0.2) is 19.8 Å². The molecule has 1 atom stereocenters. The van der Waals surface area contributed by atoms with Crippen LogP contribution in [0.5, 0.6) is 5.75 Å². The van der Waals surface area contributed by atoms with Crippen LogP contribution in [-0.2, 0) is 4.74 Å². The van der Waals surface area contributed by atoms with Gasteiger partial charge in [-0.15, -0.1) is 0 Å². The first kappa shape index (κ1) is 8.57. The Kier molecular flexibility index (Phi) is 2.82. The molecule has 1 aromatic carbocycles. The summed E-state index contributed by atoms with van der Waals surface area (Å²) in [5, 5.41) is 0. The van der Waals surface area contributed by atoms with Gasteiger partial charge in [0.15, 0.2) is 0 Å². The smallest absolute Gasteiger partial charge is 0.127 e. The Bertz CT molecular complexity index is 240. The van der Waals surface area contributed by atoms with E-state index in [9.17, 15) is 0 Å². The first-order valence-electron chi connectivity index (χ1n) is 4.62. The molecule has 0 saturated carbocycles. The molecule has 2 heteroatoms. The largest absolute Gasteiger partial charge is 0.493 e. The highest BCUT2D eigenvalue weighted by Crippen LogP contribution is 2.15. The summed E-state index contributed by atoms with van der Waals surface area (Å²) in [6, 6.07) is 10.7. The number of para-hydroxylation sites is 1. The topological polar surface area (TPSA) is 18.5 Å². The second-order valence-electron chi connectivity index (χ2n) is 3.27. The molecule has 0 N–H and O–H groups in total. The van der Waals surface area contributed by atoms with Crippen molar-refractivity contribution in [3.63, 3.8) is 0 Å². The monoisotopic (exact) mass is 177 g/mol. The van der Waals surface area contributed by atoms with E-state index >= 15 is 0 Å². The Morgan fingerprint density at radius 1 is 1.54 bits per heavy atom. The first-order chi connectivity index (χ1) is 6.45. The molecule has 0 amide bonds. The molecular weight excluding hydrogens is 164 g/mol. The van der Waals surface area contributed by atoms with E-state index in [1.165, 1.54) is 0 Å². The normalized spacial score (nSPS) is 21.7. The fraction of sp³-hybridized carbons (Fsp3) is 0.455. The number of benzene rings is 1. The second kappa shape index (κ2) is 4.28. The third-order valence-electron chi connectivity index (χ3n) is 2.18. The van der Waals surface area contributed by atoms with Crippen LogP contribution in [0.1, 0.15) is 6.42 Å². The van der Waals surface area contributed by atoms with Gasteiger partial charge in [-0.2, -0.15) is 0 Å². The summed E-state index contributed by atoms with van der Waals surface area (Å²) in [6.07, 6.45) is 1.12. The summed E-state index contributed by atoms with van der Waals surface area (Å²) in [5.74, 6) is 1.39. The van der Waals surface area contributed by atoms with E-state index in [1.807, 2.05) is 24.3 Å². The average Bonchev–Trinajstić information content (AvgIpc) is 2.69. The van der Waals surface area contributed by atoms with Crippen molar-refractivity contribution in [2.45, 2.75) is 6.42 Å². The fourth-order valence-corrected chi connectivity index (χ4v) is 1.39. The third-order valence-corrected chi connectivity index (χ3v) is 2.18. The maximum Gasteiger partial charge on any atom is 0.127 e. The van der Waals surface area contributed by atoms with Gasteiger partial charge in [0, 0.05) is 18.6 Å². The Morgan fingerprint density at radius 3 is 3.23 bits per heavy atom. The van der Waals surface area contributed by atoms with Crippen molar-refractivity contribution in [1.82, 2.24) is 0 Å². The maximum absolute atomic E-state index is 5.55. The van der Waals surface area contributed by atoms with Crippen molar-refractivity contribution in [1.29, 1.82) is 0 Å². The molecule has 1 aromatic rings. The molecule has 2 nitrogen and oxygen atoms in total. The Labute approximate surface area is 78.5 Å².